The van der Waals surface area contributed by atoms with E-state index in [4.69, 9.17) is 55.7 Å². The Morgan fingerprint density at radius 3 is 2.61 bits per heavy atom. The maximum Gasteiger partial charge on any atom is 0.327 e. The molecule has 0 radical (unpaired) electrons. The van der Waals surface area contributed by atoms with E-state index in [1.165, 1.54) is 10.9 Å². The van der Waals surface area contributed by atoms with Crippen LogP contribution in [0.4, 0.5) is 16.2 Å². The van der Waals surface area contributed by atoms with Crippen molar-refractivity contribution in [2.75, 3.05) is 30.5 Å². The number of imidazole rings is 1. The molecule has 330 valence electrons. The molecule has 3 aliphatic heterocycles. The van der Waals surface area contributed by atoms with Crippen molar-refractivity contribution in [2.45, 2.75) is 69.7 Å². The summed E-state index contributed by atoms with van der Waals surface area (Å²) >= 11 is 11.1. The lowest BCUT2D eigenvalue weighted by atomic mass is 10.1. The SMILES string of the molecule is CC(C)C(=O)Nc1nc2c(ncn2[C@@H]2O[C@@H]3COP(=S)(OCCC#N)O[C@H]4[C@H](F)[C@H](n5nnc6c(NC(=O)c7ccccc7)ncnc65)O[C@@H]4COP([O-])(=S)O[C@H]2C3)c(=O)[nH]1.[NH4+]. The number of nitrogens with one attached hydrogen (secondary N) is 3. The van der Waals surface area contributed by atoms with Gasteiger partial charge in [0.1, 0.15) is 31.4 Å². The summed E-state index contributed by atoms with van der Waals surface area (Å²) in [6.45, 7) is -6.43. The van der Waals surface area contributed by atoms with E-state index >= 15 is 4.39 Å². The van der Waals surface area contributed by atoms with Gasteiger partial charge in [-0.05, 0) is 23.9 Å². The Morgan fingerprint density at radius 1 is 1.06 bits per heavy atom. The highest BCUT2D eigenvalue weighted by atomic mass is 32.5. The van der Waals surface area contributed by atoms with Crippen molar-refractivity contribution in [2.24, 2.45) is 5.92 Å². The van der Waals surface area contributed by atoms with Gasteiger partial charge in [-0.1, -0.05) is 49.1 Å². The molecule has 5 aromatic rings. The maximum atomic E-state index is 16.8. The first-order valence-corrected chi connectivity index (χ1v) is 23.6. The van der Waals surface area contributed by atoms with E-state index in [1.54, 1.807) is 44.2 Å². The molecule has 1 aromatic carbocycles. The van der Waals surface area contributed by atoms with Crippen molar-refractivity contribution in [1.29, 1.82) is 5.26 Å². The summed E-state index contributed by atoms with van der Waals surface area (Å²) < 4.78 is 61.1. The van der Waals surface area contributed by atoms with Crippen LogP contribution < -0.4 is 27.2 Å². The smallest absolute Gasteiger partial charge is 0.327 e. The first-order valence-electron chi connectivity index (χ1n) is 18.5. The first-order chi connectivity index (χ1) is 29.2. The number of aromatic nitrogens is 9. The fourth-order valence-electron chi connectivity index (χ4n) is 6.53. The van der Waals surface area contributed by atoms with Gasteiger partial charge in [-0.15, -0.1) is 5.10 Å². The molecule has 24 nitrogen and oxygen atoms in total. The van der Waals surface area contributed by atoms with E-state index < -0.39 is 86.4 Å². The van der Waals surface area contributed by atoms with Gasteiger partial charge in [-0.3, -0.25) is 33.8 Å². The van der Waals surface area contributed by atoms with Gasteiger partial charge in [0.2, 0.25) is 11.9 Å². The normalized spacial score (nSPS) is 28.9. The molecular weight excluding hydrogens is 900 g/mol. The van der Waals surface area contributed by atoms with Gasteiger partial charge in [0, 0.05) is 17.9 Å². The highest BCUT2D eigenvalue weighted by Crippen LogP contribution is 2.56. The molecule has 9 atom stereocenters. The van der Waals surface area contributed by atoms with E-state index in [0.29, 0.717) is 5.56 Å². The van der Waals surface area contributed by atoms with Crippen LogP contribution in [0.25, 0.3) is 22.3 Å². The number of nitrogens with zero attached hydrogens (tertiary/aromatic N) is 9. The number of halogens is 1. The number of alkyl halides is 1. The minimum Gasteiger partial charge on any atom is -0.780 e. The first kappa shape index (κ1) is 45.4. The van der Waals surface area contributed by atoms with Crippen molar-refractivity contribution in [1.82, 2.24) is 50.6 Å². The second kappa shape index (κ2) is 18.6. The Bertz CT molecular complexity index is 2670. The number of benzene rings is 1. The summed E-state index contributed by atoms with van der Waals surface area (Å²) in [6.07, 6.45) is -7.82. The summed E-state index contributed by atoms with van der Waals surface area (Å²) in [6, 6.07) is 10.3. The zero-order valence-corrected chi connectivity index (χ0v) is 36.2. The molecule has 3 fully saturated rings. The average molecular weight is 938 g/mol. The molecule has 3 saturated heterocycles. The highest BCUT2D eigenvalue weighted by Gasteiger charge is 2.52. The molecule has 8 rings (SSSR count). The lowest BCUT2D eigenvalue weighted by molar-refractivity contribution is -0.216. The topological polar surface area (TPSA) is 326 Å². The molecule has 7 heterocycles. The molecule has 62 heavy (non-hydrogen) atoms. The minimum atomic E-state index is -4.49. The van der Waals surface area contributed by atoms with Crippen molar-refractivity contribution < 1.29 is 51.0 Å². The number of H-pyrrole nitrogens is 1. The van der Waals surface area contributed by atoms with E-state index in [9.17, 15) is 24.5 Å². The number of hydrogen-bond donors (Lipinski definition) is 4. The van der Waals surface area contributed by atoms with Crippen molar-refractivity contribution in [3.63, 3.8) is 0 Å². The number of amides is 2. The van der Waals surface area contributed by atoms with Crippen molar-refractivity contribution in [3.8, 4) is 6.07 Å². The number of quaternary nitrogens is 1. The predicted molar refractivity (Wildman–Crippen MR) is 219 cm³/mol. The Labute approximate surface area is 359 Å². The van der Waals surface area contributed by atoms with Gasteiger partial charge in [-0.25, -0.2) is 19.3 Å². The number of carbonyl (C=O) groups excluding carboxylic acids is 2. The van der Waals surface area contributed by atoms with Gasteiger partial charge in [0.05, 0.1) is 44.7 Å². The van der Waals surface area contributed by atoms with Gasteiger partial charge in [0.25, 0.3) is 11.5 Å². The Hall–Kier alpha value is -4.65. The molecule has 0 spiro atoms. The molecular formula is C33H38FN13O11P2S2. The summed E-state index contributed by atoms with van der Waals surface area (Å²) in [5, 5.41) is 22.6. The molecule has 3 aliphatic rings. The number of carbonyl (C=O) groups is 2. The zero-order chi connectivity index (χ0) is 43.1. The van der Waals surface area contributed by atoms with Gasteiger partial charge in [0.15, 0.2) is 46.8 Å². The number of aromatic amines is 1. The zero-order valence-electron chi connectivity index (χ0n) is 32.8. The van der Waals surface area contributed by atoms with E-state index in [-0.39, 0.29) is 66.3 Å². The van der Waals surface area contributed by atoms with Crippen LogP contribution in [-0.2, 0) is 60.5 Å². The Kier molecular flexibility index (Phi) is 13.6. The van der Waals surface area contributed by atoms with E-state index in [0.717, 1.165) is 11.0 Å². The summed E-state index contributed by atoms with van der Waals surface area (Å²) in [5.74, 6) is -1.51. The summed E-state index contributed by atoms with van der Waals surface area (Å²) in [5.41, 5.74) is -0.474. The van der Waals surface area contributed by atoms with E-state index in [1.807, 2.05) is 6.07 Å². The average Bonchev–Trinajstić information content (AvgIpc) is 4.02. The minimum absolute atomic E-state index is 0. The predicted octanol–water partition coefficient (Wildman–Crippen LogP) is 2.66. The molecule has 4 aromatic heterocycles. The number of nitriles is 1. The van der Waals surface area contributed by atoms with Crippen LogP contribution in [0.5, 0.6) is 0 Å². The largest absolute Gasteiger partial charge is 0.780 e. The van der Waals surface area contributed by atoms with Crippen LogP contribution in [0, 0.1) is 17.2 Å². The molecule has 2 bridgehead atoms. The standard InChI is InChI=1S/C33H35FN12O11P2S2.H3N/c1-16(2)28(47)41-33-40-27-23(30(49)42-33)38-15-45(27)31-19-11-18(54-31)12-53-59(61,51-10-6-9-35)57-24-20(13-52-58(50,60)56-19)55-32(21(24)34)46-26-22(43-44-46)25(36-14-37-26)39-29(48)17-7-4-3-5-8-17;/h3-5,7-8,14-16,18-21,24,31-32H,6,10-13H2,1-2H3,(H,50,60)(H,36,37,39,48)(H2,40,41,42,47,49);1H3/t18-,19-,20+,21-,24+,31+,32+,58?,59?;/m0./s1. The fourth-order valence-corrected chi connectivity index (χ4v) is 10.1. The van der Waals surface area contributed by atoms with Gasteiger partial charge >= 0.3 is 6.72 Å². The number of fused-ring (bicyclic) bond motifs is 5. The molecule has 0 saturated carbocycles. The van der Waals surface area contributed by atoms with Gasteiger partial charge in [-0.2, -0.15) is 14.9 Å². The monoisotopic (exact) mass is 937 g/mol. The third kappa shape index (κ3) is 9.48. The van der Waals surface area contributed by atoms with Gasteiger partial charge < -0.3 is 43.9 Å². The third-order valence-corrected chi connectivity index (χ3v) is 13.4. The summed E-state index contributed by atoms with van der Waals surface area (Å²) in [7, 11) is 0. The molecule has 2 amide bonds. The number of rotatable bonds is 9. The number of anilines is 2. The van der Waals surface area contributed by atoms with Crippen LogP contribution in [0.1, 0.15) is 49.5 Å². The van der Waals surface area contributed by atoms with Crippen LogP contribution >= 0.6 is 13.4 Å². The Balaban J connectivity index is 0.00000578. The van der Waals surface area contributed by atoms with Crippen LogP contribution in [0.3, 0.4) is 0 Å². The van der Waals surface area contributed by atoms with Crippen LogP contribution in [-0.4, -0.2) is 107 Å². The Morgan fingerprint density at radius 2 is 1.85 bits per heavy atom. The number of hydrogen-bond acceptors (Lipinski definition) is 20. The van der Waals surface area contributed by atoms with Crippen LogP contribution in [0.2, 0.25) is 0 Å². The quantitative estimate of drug-likeness (QED) is 0.122. The molecule has 7 N–H and O–H groups in total. The molecule has 0 aliphatic carbocycles. The number of ether oxygens (including phenoxy) is 2. The summed E-state index contributed by atoms with van der Waals surface area (Å²) in [4.78, 5) is 71.5. The lowest BCUT2D eigenvalue weighted by Crippen LogP contribution is -2.35. The maximum absolute atomic E-state index is 16.8. The molecule has 2 unspecified atom stereocenters. The van der Waals surface area contributed by atoms with E-state index in [2.05, 4.69) is 45.9 Å². The van der Waals surface area contributed by atoms with Crippen molar-refractivity contribution >= 4 is 83.0 Å². The van der Waals surface area contributed by atoms with Crippen molar-refractivity contribution in [3.05, 3.63) is 58.9 Å². The lowest BCUT2D eigenvalue weighted by Gasteiger charge is -2.34. The third-order valence-electron chi connectivity index (χ3n) is 9.45. The highest BCUT2D eigenvalue weighted by molar-refractivity contribution is 8.07. The molecule has 29 heteroatoms. The van der Waals surface area contributed by atoms with Crippen LogP contribution in [0.15, 0.2) is 47.8 Å². The second-order valence-electron chi connectivity index (χ2n) is 14.0. The second-order valence-corrected chi connectivity index (χ2v) is 19.6. The fraction of sp³-hybridized carbons (Fsp3) is 0.455.